The van der Waals surface area contributed by atoms with Gasteiger partial charge in [0.15, 0.2) is 0 Å². The van der Waals surface area contributed by atoms with Crippen LogP contribution in [0.4, 0.5) is 5.69 Å². The fraction of sp³-hybridized carbons (Fsp3) is 0.333. The molecule has 3 nitrogen and oxygen atoms in total. The third-order valence-electron chi connectivity index (χ3n) is 1.14. The lowest BCUT2D eigenvalue weighted by molar-refractivity contribution is 0.482. The number of hydrogen-bond donors (Lipinski definition) is 2. The van der Waals surface area contributed by atoms with Crippen molar-refractivity contribution in [3.8, 4) is 0 Å². The Hall–Kier alpha value is -0.960. The predicted octanol–water partition coefficient (Wildman–Crippen LogP) is 0.882. The van der Waals surface area contributed by atoms with E-state index in [-0.39, 0.29) is 6.04 Å². The summed E-state index contributed by atoms with van der Waals surface area (Å²) >= 11 is 0. The first-order valence-electron chi connectivity index (χ1n) is 2.80. The van der Waals surface area contributed by atoms with Gasteiger partial charge in [0, 0.05) is 0 Å². The number of anilines is 1. The topological polar surface area (TPSA) is 65.2 Å². The number of rotatable bonds is 1. The van der Waals surface area contributed by atoms with Crippen molar-refractivity contribution in [3.05, 3.63) is 18.1 Å². The normalized spacial score (nSPS) is 13.6. The maximum absolute atomic E-state index is 5.49. The summed E-state index contributed by atoms with van der Waals surface area (Å²) in [6.45, 7) is 1.83. The largest absolute Gasteiger partial charge is 0.465 e. The molecule has 50 valence electrons. The smallest absolute Gasteiger partial charge is 0.142 e. The Bertz CT molecular complexity index is 193. The van der Waals surface area contributed by atoms with E-state index in [0.29, 0.717) is 11.4 Å². The summed E-state index contributed by atoms with van der Waals surface area (Å²) < 4.78 is 4.98. The van der Waals surface area contributed by atoms with Crippen LogP contribution in [0.15, 0.2) is 16.7 Å². The van der Waals surface area contributed by atoms with E-state index in [1.165, 1.54) is 6.26 Å². The van der Waals surface area contributed by atoms with Crippen LogP contribution in [0.25, 0.3) is 0 Å². The zero-order valence-corrected chi connectivity index (χ0v) is 5.29. The molecule has 4 N–H and O–H groups in total. The molecule has 1 aromatic heterocycles. The molecule has 1 heterocycles. The lowest BCUT2D eigenvalue weighted by atomic mass is 10.2. The van der Waals surface area contributed by atoms with Gasteiger partial charge in [0.05, 0.1) is 18.0 Å². The number of nitrogen functional groups attached to an aromatic ring is 1. The Morgan fingerprint density at radius 1 is 1.67 bits per heavy atom. The molecule has 0 bridgehead atoms. The fourth-order valence-electron chi connectivity index (χ4n) is 0.701. The average Bonchev–Trinajstić information content (AvgIpc) is 2.13. The second-order valence-corrected chi connectivity index (χ2v) is 2.03. The Morgan fingerprint density at radius 3 is 2.56 bits per heavy atom. The van der Waals surface area contributed by atoms with Gasteiger partial charge in [-0.15, -0.1) is 0 Å². The highest BCUT2D eigenvalue weighted by Gasteiger charge is 2.05. The van der Waals surface area contributed by atoms with E-state index >= 15 is 0 Å². The van der Waals surface area contributed by atoms with Gasteiger partial charge in [0.25, 0.3) is 0 Å². The molecular formula is C6H10N2O. The third-order valence-corrected chi connectivity index (χ3v) is 1.14. The molecule has 0 aliphatic rings. The fourth-order valence-corrected chi connectivity index (χ4v) is 0.701. The zero-order chi connectivity index (χ0) is 6.85. The molecule has 3 heteroatoms. The minimum absolute atomic E-state index is 0.111. The molecule has 1 unspecified atom stereocenters. The van der Waals surface area contributed by atoms with E-state index in [4.69, 9.17) is 15.9 Å². The molecule has 0 fully saturated rings. The van der Waals surface area contributed by atoms with Crippen molar-refractivity contribution < 1.29 is 4.42 Å². The van der Waals surface area contributed by atoms with E-state index in [2.05, 4.69) is 0 Å². The van der Waals surface area contributed by atoms with Crippen LogP contribution in [0.2, 0.25) is 0 Å². The van der Waals surface area contributed by atoms with Crippen molar-refractivity contribution in [2.45, 2.75) is 13.0 Å². The summed E-state index contributed by atoms with van der Waals surface area (Å²) in [6, 6.07) is 1.58. The molecule has 9 heavy (non-hydrogen) atoms. The SMILES string of the molecule is CC(N)c1occc1N. The first kappa shape index (κ1) is 6.16. The maximum Gasteiger partial charge on any atom is 0.142 e. The molecule has 0 amide bonds. The van der Waals surface area contributed by atoms with E-state index in [9.17, 15) is 0 Å². The molecule has 0 aromatic carbocycles. The highest BCUT2D eigenvalue weighted by molar-refractivity contribution is 5.41. The van der Waals surface area contributed by atoms with E-state index in [1.807, 2.05) is 6.92 Å². The van der Waals surface area contributed by atoms with E-state index < -0.39 is 0 Å². The van der Waals surface area contributed by atoms with Crippen molar-refractivity contribution in [1.29, 1.82) is 0 Å². The molecule has 0 radical (unpaired) electrons. The lowest BCUT2D eigenvalue weighted by Crippen LogP contribution is -2.05. The Balaban J connectivity index is 2.94. The van der Waals surface area contributed by atoms with Gasteiger partial charge in [-0.3, -0.25) is 0 Å². The summed E-state index contributed by atoms with van der Waals surface area (Å²) in [5.74, 6) is 0.662. The molecular weight excluding hydrogens is 116 g/mol. The van der Waals surface area contributed by atoms with Crippen LogP contribution in [0.5, 0.6) is 0 Å². The molecule has 0 spiro atoms. The summed E-state index contributed by atoms with van der Waals surface area (Å²) in [7, 11) is 0. The van der Waals surface area contributed by atoms with Crippen molar-refractivity contribution >= 4 is 5.69 Å². The number of furan rings is 1. The highest BCUT2D eigenvalue weighted by Crippen LogP contribution is 2.17. The van der Waals surface area contributed by atoms with Crippen LogP contribution in [0.1, 0.15) is 18.7 Å². The lowest BCUT2D eigenvalue weighted by Gasteiger charge is -1.99. The summed E-state index contributed by atoms with van der Waals surface area (Å²) in [5, 5.41) is 0. The Labute approximate surface area is 53.6 Å². The van der Waals surface area contributed by atoms with Gasteiger partial charge in [-0.05, 0) is 13.0 Å². The summed E-state index contributed by atoms with van der Waals surface area (Å²) in [5.41, 5.74) is 11.6. The second-order valence-electron chi connectivity index (χ2n) is 2.03. The zero-order valence-electron chi connectivity index (χ0n) is 5.29. The van der Waals surface area contributed by atoms with Gasteiger partial charge in [-0.1, -0.05) is 0 Å². The molecule has 0 saturated carbocycles. The van der Waals surface area contributed by atoms with Crippen LogP contribution >= 0.6 is 0 Å². The monoisotopic (exact) mass is 126 g/mol. The Kier molecular flexibility index (Phi) is 1.44. The molecule has 1 atom stereocenters. The number of hydrogen-bond acceptors (Lipinski definition) is 3. The number of nitrogens with two attached hydrogens (primary N) is 2. The minimum Gasteiger partial charge on any atom is -0.465 e. The average molecular weight is 126 g/mol. The summed E-state index contributed by atoms with van der Waals surface area (Å²) in [6.07, 6.45) is 1.54. The third kappa shape index (κ3) is 1.05. The minimum atomic E-state index is -0.111. The van der Waals surface area contributed by atoms with Crippen LogP contribution < -0.4 is 11.5 Å². The summed E-state index contributed by atoms with van der Waals surface area (Å²) in [4.78, 5) is 0. The van der Waals surface area contributed by atoms with Crippen molar-refractivity contribution in [2.75, 3.05) is 5.73 Å². The van der Waals surface area contributed by atoms with Crippen LogP contribution in [0, 0.1) is 0 Å². The predicted molar refractivity (Wildman–Crippen MR) is 35.7 cm³/mol. The van der Waals surface area contributed by atoms with Gasteiger partial charge in [0.2, 0.25) is 0 Å². The van der Waals surface area contributed by atoms with Gasteiger partial charge < -0.3 is 15.9 Å². The Morgan fingerprint density at radius 2 is 2.33 bits per heavy atom. The molecule has 0 aliphatic heterocycles. The van der Waals surface area contributed by atoms with Gasteiger partial charge in [-0.25, -0.2) is 0 Å². The maximum atomic E-state index is 5.49. The van der Waals surface area contributed by atoms with Crippen LogP contribution in [-0.2, 0) is 0 Å². The molecule has 1 rings (SSSR count). The standard InChI is InChI=1S/C6H10N2O/c1-4(7)6-5(8)2-3-9-6/h2-4H,7-8H2,1H3. The van der Waals surface area contributed by atoms with Crippen LogP contribution in [0.3, 0.4) is 0 Å². The highest BCUT2D eigenvalue weighted by atomic mass is 16.3. The first-order chi connectivity index (χ1) is 4.22. The van der Waals surface area contributed by atoms with Gasteiger partial charge >= 0.3 is 0 Å². The van der Waals surface area contributed by atoms with Gasteiger partial charge in [0.1, 0.15) is 5.76 Å². The van der Waals surface area contributed by atoms with E-state index in [0.717, 1.165) is 0 Å². The quantitative estimate of drug-likeness (QED) is 0.587. The van der Waals surface area contributed by atoms with Crippen LogP contribution in [-0.4, -0.2) is 0 Å². The van der Waals surface area contributed by atoms with Crippen molar-refractivity contribution in [3.63, 3.8) is 0 Å². The van der Waals surface area contributed by atoms with Gasteiger partial charge in [-0.2, -0.15) is 0 Å². The second kappa shape index (κ2) is 2.11. The van der Waals surface area contributed by atoms with Crippen molar-refractivity contribution in [1.82, 2.24) is 0 Å². The molecule has 0 aliphatic carbocycles. The first-order valence-corrected chi connectivity index (χ1v) is 2.80. The molecule has 1 aromatic rings. The van der Waals surface area contributed by atoms with Crippen molar-refractivity contribution in [2.24, 2.45) is 5.73 Å². The molecule has 0 saturated heterocycles. The van der Waals surface area contributed by atoms with E-state index in [1.54, 1.807) is 6.07 Å².